The van der Waals surface area contributed by atoms with E-state index in [0.717, 1.165) is 15.2 Å². The number of nitrogens with zero attached hydrogens (tertiary/aromatic N) is 1. The SMILES string of the molecule is COc1ccc(NC(C)=O)cc1S(=O)(=O)Nc1ccc2nc(C)sc2c1. The number of ether oxygens (including phenoxy) is 1. The molecule has 1 heterocycles. The molecule has 1 aromatic heterocycles. The number of carbonyl (C=O) groups excluding carboxylic acids is 1. The first-order valence-corrected chi connectivity index (χ1v) is 9.94. The van der Waals surface area contributed by atoms with Crippen LogP contribution in [0, 0.1) is 6.92 Å². The Labute approximate surface area is 155 Å². The summed E-state index contributed by atoms with van der Waals surface area (Å²) < 4.78 is 34.3. The Bertz CT molecular complexity index is 1090. The summed E-state index contributed by atoms with van der Waals surface area (Å²) in [4.78, 5) is 15.5. The van der Waals surface area contributed by atoms with Gasteiger partial charge < -0.3 is 10.1 Å². The number of methoxy groups -OCH3 is 1. The zero-order chi connectivity index (χ0) is 18.9. The van der Waals surface area contributed by atoms with Crippen LogP contribution in [0.5, 0.6) is 5.75 Å². The predicted octanol–water partition coefficient (Wildman–Crippen LogP) is 3.37. The average molecular weight is 391 g/mol. The van der Waals surface area contributed by atoms with Crippen molar-refractivity contribution in [3.63, 3.8) is 0 Å². The molecule has 2 aromatic carbocycles. The zero-order valence-corrected chi connectivity index (χ0v) is 16.0. The third-order valence-electron chi connectivity index (χ3n) is 3.52. The molecule has 0 aliphatic rings. The number of amides is 1. The van der Waals surface area contributed by atoms with Gasteiger partial charge in [-0.15, -0.1) is 11.3 Å². The van der Waals surface area contributed by atoms with Gasteiger partial charge in [-0.05, 0) is 43.3 Å². The monoisotopic (exact) mass is 391 g/mol. The molecule has 2 N–H and O–H groups in total. The van der Waals surface area contributed by atoms with E-state index in [4.69, 9.17) is 4.74 Å². The van der Waals surface area contributed by atoms with Gasteiger partial charge in [0.15, 0.2) is 0 Å². The number of anilines is 2. The minimum atomic E-state index is -3.92. The van der Waals surface area contributed by atoms with E-state index in [-0.39, 0.29) is 16.6 Å². The number of sulfonamides is 1. The number of thiazole rings is 1. The number of aryl methyl sites for hydroxylation is 1. The van der Waals surface area contributed by atoms with Crippen LogP contribution in [0.1, 0.15) is 11.9 Å². The van der Waals surface area contributed by atoms with Gasteiger partial charge in [0, 0.05) is 12.6 Å². The van der Waals surface area contributed by atoms with Gasteiger partial charge in [0.25, 0.3) is 10.0 Å². The lowest BCUT2D eigenvalue weighted by Gasteiger charge is -2.13. The molecule has 3 rings (SSSR count). The molecule has 0 saturated carbocycles. The Morgan fingerprint density at radius 2 is 1.88 bits per heavy atom. The van der Waals surface area contributed by atoms with E-state index < -0.39 is 10.0 Å². The van der Waals surface area contributed by atoms with E-state index >= 15 is 0 Å². The van der Waals surface area contributed by atoms with Gasteiger partial charge in [-0.25, -0.2) is 13.4 Å². The number of hydrogen-bond donors (Lipinski definition) is 2. The van der Waals surface area contributed by atoms with E-state index in [1.807, 2.05) is 6.92 Å². The van der Waals surface area contributed by atoms with Crippen LogP contribution < -0.4 is 14.8 Å². The number of fused-ring (bicyclic) bond motifs is 1. The molecule has 0 saturated heterocycles. The van der Waals surface area contributed by atoms with Crippen LogP contribution in [0.4, 0.5) is 11.4 Å². The van der Waals surface area contributed by atoms with Crippen molar-refractivity contribution >= 4 is 48.9 Å². The summed E-state index contributed by atoms with van der Waals surface area (Å²) in [7, 11) is -2.53. The van der Waals surface area contributed by atoms with Crippen molar-refractivity contribution in [2.75, 3.05) is 17.1 Å². The van der Waals surface area contributed by atoms with Gasteiger partial charge >= 0.3 is 0 Å². The van der Waals surface area contributed by atoms with Crippen molar-refractivity contribution in [1.82, 2.24) is 4.98 Å². The van der Waals surface area contributed by atoms with E-state index in [0.29, 0.717) is 11.4 Å². The third-order valence-corrected chi connectivity index (χ3v) is 5.86. The van der Waals surface area contributed by atoms with Crippen LogP contribution in [0.3, 0.4) is 0 Å². The number of aromatic nitrogens is 1. The van der Waals surface area contributed by atoms with Crippen LogP contribution >= 0.6 is 11.3 Å². The molecule has 3 aromatic rings. The fraction of sp³-hybridized carbons (Fsp3) is 0.176. The molecule has 0 spiro atoms. The standard InChI is InChI=1S/C17H17N3O4S2/c1-10(21)18-12-5-7-15(24-3)17(9-12)26(22,23)20-13-4-6-14-16(8-13)25-11(2)19-14/h4-9,20H,1-3H3,(H,18,21). The summed E-state index contributed by atoms with van der Waals surface area (Å²) in [6, 6.07) is 9.59. The molecule has 7 nitrogen and oxygen atoms in total. The number of carbonyl (C=O) groups is 1. The van der Waals surface area contributed by atoms with Gasteiger partial charge in [-0.1, -0.05) is 0 Å². The minimum absolute atomic E-state index is 0.0631. The summed E-state index contributed by atoms with van der Waals surface area (Å²) in [5, 5.41) is 3.47. The molecule has 0 fully saturated rings. The quantitative estimate of drug-likeness (QED) is 0.695. The molecular weight excluding hydrogens is 374 g/mol. The van der Waals surface area contributed by atoms with Crippen molar-refractivity contribution < 1.29 is 17.9 Å². The first-order chi connectivity index (χ1) is 12.3. The van der Waals surface area contributed by atoms with Crippen LogP contribution in [0.25, 0.3) is 10.2 Å². The van der Waals surface area contributed by atoms with Gasteiger partial charge in [-0.3, -0.25) is 9.52 Å². The second kappa shape index (κ2) is 6.93. The number of hydrogen-bond acceptors (Lipinski definition) is 6. The first kappa shape index (κ1) is 18.2. The Balaban J connectivity index is 1.98. The maximum atomic E-state index is 12.8. The molecular formula is C17H17N3O4S2. The highest BCUT2D eigenvalue weighted by atomic mass is 32.2. The van der Waals surface area contributed by atoms with E-state index in [9.17, 15) is 13.2 Å². The summed E-state index contributed by atoms with van der Waals surface area (Å²) in [6.45, 7) is 3.25. The number of benzene rings is 2. The Morgan fingerprint density at radius 1 is 1.15 bits per heavy atom. The number of rotatable bonds is 5. The van der Waals surface area contributed by atoms with Crippen LogP contribution in [-0.4, -0.2) is 26.4 Å². The summed E-state index contributed by atoms with van der Waals surface area (Å²) in [5.41, 5.74) is 1.61. The summed E-state index contributed by atoms with van der Waals surface area (Å²) in [5.74, 6) is -0.112. The minimum Gasteiger partial charge on any atom is -0.495 e. The van der Waals surface area contributed by atoms with Crippen molar-refractivity contribution in [1.29, 1.82) is 0 Å². The highest BCUT2D eigenvalue weighted by Gasteiger charge is 2.21. The molecule has 1 amide bonds. The maximum absolute atomic E-state index is 12.8. The molecule has 0 atom stereocenters. The highest BCUT2D eigenvalue weighted by molar-refractivity contribution is 7.92. The average Bonchev–Trinajstić information content (AvgIpc) is 2.93. The lowest BCUT2D eigenvalue weighted by atomic mass is 10.3. The maximum Gasteiger partial charge on any atom is 0.265 e. The lowest BCUT2D eigenvalue weighted by molar-refractivity contribution is -0.114. The highest BCUT2D eigenvalue weighted by Crippen LogP contribution is 2.30. The lowest BCUT2D eigenvalue weighted by Crippen LogP contribution is -2.15. The Morgan fingerprint density at radius 3 is 2.58 bits per heavy atom. The van der Waals surface area contributed by atoms with Crippen molar-refractivity contribution in [3.8, 4) is 5.75 Å². The molecule has 9 heteroatoms. The fourth-order valence-electron chi connectivity index (χ4n) is 2.48. The second-order valence-electron chi connectivity index (χ2n) is 5.57. The van der Waals surface area contributed by atoms with Gasteiger partial charge in [0.05, 0.1) is 28.0 Å². The fourth-order valence-corrected chi connectivity index (χ4v) is 4.59. The normalized spacial score (nSPS) is 11.3. The van der Waals surface area contributed by atoms with Crippen LogP contribution in [-0.2, 0) is 14.8 Å². The van der Waals surface area contributed by atoms with Crippen LogP contribution in [0.2, 0.25) is 0 Å². The van der Waals surface area contributed by atoms with Crippen LogP contribution in [0.15, 0.2) is 41.3 Å². The third kappa shape index (κ3) is 3.78. The molecule has 26 heavy (non-hydrogen) atoms. The zero-order valence-electron chi connectivity index (χ0n) is 14.4. The molecule has 0 aliphatic carbocycles. The topological polar surface area (TPSA) is 97.4 Å². The molecule has 0 aliphatic heterocycles. The summed E-state index contributed by atoms with van der Waals surface area (Å²) >= 11 is 1.49. The predicted molar refractivity (Wildman–Crippen MR) is 102 cm³/mol. The Kier molecular flexibility index (Phi) is 4.84. The van der Waals surface area contributed by atoms with Crippen molar-refractivity contribution in [2.24, 2.45) is 0 Å². The number of nitrogens with one attached hydrogen (secondary N) is 2. The second-order valence-corrected chi connectivity index (χ2v) is 8.45. The Hall–Kier alpha value is -2.65. The molecule has 0 bridgehead atoms. The molecule has 136 valence electrons. The summed E-state index contributed by atoms with van der Waals surface area (Å²) in [6.07, 6.45) is 0. The smallest absolute Gasteiger partial charge is 0.265 e. The van der Waals surface area contributed by atoms with Crippen molar-refractivity contribution in [3.05, 3.63) is 41.4 Å². The van der Waals surface area contributed by atoms with E-state index in [1.165, 1.54) is 37.5 Å². The van der Waals surface area contributed by atoms with Gasteiger partial charge in [-0.2, -0.15) is 0 Å². The van der Waals surface area contributed by atoms with E-state index in [1.54, 1.807) is 24.3 Å². The molecule has 0 radical (unpaired) electrons. The van der Waals surface area contributed by atoms with Gasteiger partial charge in [0.1, 0.15) is 10.6 Å². The van der Waals surface area contributed by atoms with E-state index in [2.05, 4.69) is 15.0 Å². The largest absolute Gasteiger partial charge is 0.495 e. The first-order valence-electron chi connectivity index (χ1n) is 7.64. The van der Waals surface area contributed by atoms with Gasteiger partial charge in [0.2, 0.25) is 5.91 Å². The molecule has 0 unspecified atom stereocenters. The van der Waals surface area contributed by atoms with Crippen molar-refractivity contribution in [2.45, 2.75) is 18.7 Å².